The van der Waals surface area contributed by atoms with Crippen molar-refractivity contribution in [1.82, 2.24) is 14.9 Å². The van der Waals surface area contributed by atoms with Gasteiger partial charge in [-0.25, -0.2) is 9.97 Å². The molecule has 7 heteroatoms. The van der Waals surface area contributed by atoms with Crippen LogP contribution in [0.2, 0.25) is 0 Å². The highest BCUT2D eigenvalue weighted by atomic mass is 16.5. The smallest absolute Gasteiger partial charge is 0.316 e. The van der Waals surface area contributed by atoms with Crippen LogP contribution in [0.15, 0.2) is 42.7 Å². The van der Waals surface area contributed by atoms with Crippen molar-refractivity contribution in [3.8, 4) is 11.8 Å². The number of piperidine rings is 1. The van der Waals surface area contributed by atoms with E-state index in [2.05, 4.69) is 9.97 Å². The van der Waals surface area contributed by atoms with Crippen LogP contribution in [0.5, 0.6) is 11.8 Å². The first-order valence-electron chi connectivity index (χ1n) is 8.13. The van der Waals surface area contributed by atoms with E-state index >= 15 is 0 Å². The Balaban J connectivity index is 1.62. The number of ether oxygens (including phenoxy) is 2. The van der Waals surface area contributed by atoms with Crippen LogP contribution in [0.25, 0.3) is 0 Å². The number of hydrogen-bond acceptors (Lipinski definition) is 6. The van der Waals surface area contributed by atoms with Gasteiger partial charge in [-0.2, -0.15) is 0 Å². The molecule has 1 fully saturated rings. The van der Waals surface area contributed by atoms with Gasteiger partial charge < -0.3 is 14.4 Å². The maximum absolute atomic E-state index is 12.7. The summed E-state index contributed by atoms with van der Waals surface area (Å²) in [7, 11) is 0. The summed E-state index contributed by atoms with van der Waals surface area (Å²) in [5, 5.41) is 0. The molecule has 1 aliphatic heterocycles. The van der Waals surface area contributed by atoms with Crippen molar-refractivity contribution >= 4 is 11.9 Å². The van der Waals surface area contributed by atoms with Gasteiger partial charge in [-0.3, -0.25) is 9.59 Å². The highest BCUT2D eigenvalue weighted by Gasteiger charge is 2.26. The molecule has 2 heterocycles. The van der Waals surface area contributed by atoms with Gasteiger partial charge in [0.1, 0.15) is 11.9 Å². The lowest BCUT2D eigenvalue weighted by Crippen LogP contribution is -2.44. The Hall–Kier alpha value is -2.96. The normalized spacial score (nSPS) is 17.0. The van der Waals surface area contributed by atoms with Gasteiger partial charge in [-0.1, -0.05) is 0 Å². The lowest BCUT2D eigenvalue weighted by Gasteiger charge is -2.32. The number of carbonyl (C=O) groups is 2. The van der Waals surface area contributed by atoms with E-state index in [-0.39, 0.29) is 12.0 Å². The molecule has 7 nitrogen and oxygen atoms in total. The van der Waals surface area contributed by atoms with Crippen LogP contribution in [0, 0.1) is 0 Å². The lowest BCUT2D eigenvalue weighted by molar-refractivity contribution is -0.131. The van der Waals surface area contributed by atoms with Crippen LogP contribution in [0.1, 0.15) is 30.1 Å². The standard InChI is InChI=1S/C18H19N3O4/c1-13(22)24-15-7-5-14(6-8-15)17(23)21-11-2-4-16(12-21)25-18-19-9-3-10-20-18/h3,5-10,16H,2,4,11-12H2,1H3. The Labute approximate surface area is 145 Å². The molecule has 1 aromatic heterocycles. The van der Waals surface area contributed by atoms with Gasteiger partial charge in [-0.05, 0) is 43.2 Å². The summed E-state index contributed by atoms with van der Waals surface area (Å²) in [5.41, 5.74) is 0.549. The molecule has 1 atom stereocenters. The van der Waals surface area contributed by atoms with Crippen LogP contribution in [-0.2, 0) is 4.79 Å². The third kappa shape index (κ3) is 4.53. The summed E-state index contributed by atoms with van der Waals surface area (Å²) >= 11 is 0. The maximum atomic E-state index is 12.7. The molecule has 0 N–H and O–H groups in total. The van der Waals surface area contributed by atoms with Crippen molar-refractivity contribution < 1.29 is 19.1 Å². The predicted molar refractivity (Wildman–Crippen MR) is 89.3 cm³/mol. The minimum Gasteiger partial charge on any atom is -0.458 e. The first-order valence-corrected chi connectivity index (χ1v) is 8.13. The van der Waals surface area contributed by atoms with E-state index in [9.17, 15) is 9.59 Å². The summed E-state index contributed by atoms with van der Waals surface area (Å²) in [6.45, 7) is 2.51. The summed E-state index contributed by atoms with van der Waals surface area (Å²) < 4.78 is 10.7. The number of nitrogens with zero attached hydrogens (tertiary/aromatic N) is 3. The fourth-order valence-corrected chi connectivity index (χ4v) is 2.73. The molecule has 0 saturated carbocycles. The molecule has 1 unspecified atom stereocenters. The molecule has 2 aromatic rings. The number of hydrogen-bond donors (Lipinski definition) is 0. The van der Waals surface area contributed by atoms with Gasteiger partial charge >= 0.3 is 12.0 Å². The fraction of sp³-hybridized carbons (Fsp3) is 0.333. The third-order valence-electron chi connectivity index (χ3n) is 3.84. The van der Waals surface area contributed by atoms with Crippen molar-refractivity contribution in [2.75, 3.05) is 13.1 Å². The maximum Gasteiger partial charge on any atom is 0.316 e. The average molecular weight is 341 g/mol. The van der Waals surface area contributed by atoms with Gasteiger partial charge in [-0.15, -0.1) is 0 Å². The second-order valence-corrected chi connectivity index (χ2v) is 5.78. The molecule has 1 aromatic carbocycles. The topological polar surface area (TPSA) is 81.6 Å². The molecule has 0 aliphatic carbocycles. The minimum atomic E-state index is -0.391. The van der Waals surface area contributed by atoms with Gasteiger partial charge in [0.15, 0.2) is 0 Å². The molecule has 0 spiro atoms. The van der Waals surface area contributed by atoms with Gasteiger partial charge in [0.05, 0.1) is 6.54 Å². The Morgan fingerprint density at radius 1 is 1.16 bits per heavy atom. The molecule has 3 rings (SSSR count). The molecule has 1 saturated heterocycles. The summed E-state index contributed by atoms with van der Waals surface area (Å²) in [6, 6.07) is 8.60. The van der Waals surface area contributed by atoms with E-state index in [0.717, 1.165) is 12.8 Å². The van der Waals surface area contributed by atoms with Crippen molar-refractivity contribution in [2.45, 2.75) is 25.9 Å². The lowest BCUT2D eigenvalue weighted by atomic mass is 10.1. The number of benzene rings is 1. The Morgan fingerprint density at radius 3 is 2.56 bits per heavy atom. The average Bonchev–Trinajstić information content (AvgIpc) is 2.62. The molecule has 0 bridgehead atoms. The highest BCUT2D eigenvalue weighted by Crippen LogP contribution is 2.19. The quantitative estimate of drug-likeness (QED) is 0.626. The fourth-order valence-electron chi connectivity index (χ4n) is 2.73. The zero-order chi connectivity index (χ0) is 17.6. The van der Waals surface area contributed by atoms with Crippen molar-refractivity contribution in [3.05, 3.63) is 48.3 Å². The number of carbonyl (C=O) groups excluding carboxylic acids is 2. The van der Waals surface area contributed by atoms with Crippen LogP contribution in [-0.4, -0.2) is 45.9 Å². The van der Waals surface area contributed by atoms with Crippen molar-refractivity contribution in [3.63, 3.8) is 0 Å². The van der Waals surface area contributed by atoms with E-state index < -0.39 is 5.97 Å². The summed E-state index contributed by atoms with van der Waals surface area (Å²) in [4.78, 5) is 33.5. The molecular weight excluding hydrogens is 322 g/mol. The monoisotopic (exact) mass is 341 g/mol. The highest BCUT2D eigenvalue weighted by molar-refractivity contribution is 5.94. The SMILES string of the molecule is CC(=O)Oc1ccc(C(=O)N2CCCC(Oc3ncccn3)C2)cc1. The zero-order valence-corrected chi connectivity index (χ0v) is 13.9. The molecule has 1 aliphatic rings. The largest absolute Gasteiger partial charge is 0.458 e. The minimum absolute atomic E-state index is 0.0725. The van der Waals surface area contributed by atoms with E-state index in [1.807, 2.05) is 0 Å². The van der Waals surface area contributed by atoms with Crippen LogP contribution in [0.3, 0.4) is 0 Å². The number of esters is 1. The van der Waals surface area contributed by atoms with Crippen LogP contribution >= 0.6 is 0 Å². The predicted octanol–water partition coefficient (Wildman–Crippen LogP) is 2.09. The van der Waals surface area contributed by atoms with E-state index in [1.54, 1.807) is 47.6 Å². The van der Waals surface area contributed by atoms with Crippen molar-refractivity contribution in [1.29, 1.82) is 0 Å². The van der Waals surface area contributed by atoms with Gasteiger partial charge in [0.2, 0.25) is 0 Å². The van der Waals surface area contributed by atoms with Crippen molar-refractivity contribution in [2.24, 2.45) is 0 Å². The molecule has 0 radical (unpaired) electrons. The number of rotatable bonds is 4. The molecule has 25 heavy (non-hydrogen) atoms. The number of likely N-dealkylation sites (tertiary alicyclic amines) is 1. The van der Waals surface area contributed by atoms with Gasteiger partial charge in [0, 0.05) is 31.4 Å². The molecule has 130 valence electrons. The van der Waals surface area contributed by atoms with Gasteiger partial charge in [0.25, 0.3) is 5.91 Å². The van der Waals surface area contributed by atoms with E-state index in [4.69, 9.17) is 9.47 Å². The van der Waals surface area contributed by atoms with E-state index in [0.29, 0.717) is 30.4 Å². The summed E-state index contributed by atoms with van der Waals surface area (Å²) in [5.74, 6) is -0.0417. The molecular formula is C18H19N3O4. The Kier molecular flexibility index (Phi) is 5.23. The second kappa shape index (κ2) is 7.74. The Morgan fingerprint density at radius 2 is 1.88 bits per heavy atom. The number of amides is 1. The first kappa shape index (κ1) is 16.9. The van der Waals surface area contributed by atoms with E-state index in [1.165, 1.54) is 6.92 Å². The number of aromatic nitrogens is 2. The van der Waals surface area contributed by atoms with Crippen LogP contribution < -0.4 is 9.47 Å². The molecule has 1 amide bonds. The zero-order valence-electron chi connectivity index (χ0n) is 13.9. The van der Waals surface area contributed by atoms with Crippen LogP contribution in [0.4, 0.5) is 0 Å². The first-order chi connectivity index (χ1) is 12.1. The summed E-state index contributed by atoms with van der Waals surface area (Å²) in [6.07, 6.45) is 4.83. The second-order valence-electron chi connectivity index (χ2n) is 5.78. The third-order valence-corrected chi connectivity index (χ3v) is 3.84. The Bertz CT molecular complexity index is 734.